The Morgan fingerprint density at radius 3 is 2.76 bits per heavy atom. The minimum absolute atomic E-state index is 0.0269. The second kappa shape index (κ2) is 4.85. The summed E-state index contributed by atoms with van der Waals surface area (Å²) in [6, 6.07) is 0. The summed E-state index contributed by atoms with van der Waals surface area (Å²) in [7, 11) is 1.86. The molecule has 1 aliphatic rings. The number of hydrogen-bond donors (Lipinski definition) is 1. The molecule has 5 nitrogen and oxygen atoms in total. The second-order valence-corrected chi connectivity index (χ2v) is 4.70. The molecule has 1 heterocycles. The fraction of sp³-hybridized carbons (Fsp3) is 0.750. The smallest absolute Gasteiger partial charge is 0.307 e. The number of carboxylic acid groups (broad SMARTS) is 1. The molecule has 1 aromatic rings. The van der Waals surface area contributed by atoms with Crippen LogP contribution in [0.5, 0.6) is 0 Å². The van der Waals surface area contributed by atoms with Crippen molar-refractivity contribution in [2.24, 2.45) is 13.0 Å². The zero-order chi connectivity index (χ0) is 12.4. The van der Waals surface area contributed by atoms with Gasteiger partial charge in [-0.1, -0.05) is 19.8 Å². The van der Waals surface area contributed by atoms with Crippen LogP contribution in [0, 0.1) is 5.92 Å². The van der Waals surface area contributed by atoms with Gasteiger partial charge in [-0.25, -0.2) is 4.98 Å². The van der Waals surface area contributed by atoms with Crippen LogP contribution in [0.4, 0.5) is 0 Å². The molecule has 1 N–H and O–H groups in total. The van der Waals surface area contributed by atoms with Gasteiger partial charge < -0.3 is 5.11 Å². The third kappa shape index (κ3) is 2.33. The minimum Gasteiger partial charge on any atom is -0.481 e. The molecule has 2 rings (SSSR count). The van der Waals surface area contributed by atoms with Gasteiger partial charge in [-0.15, -0.1) is 0 Å². The van der Waals surface area contributed by atoms with E-state index < -0.39 is 5.97 Å². The van der Waals surface area contributed by atoms with Crippen molar-refractivity contribution < 1.29 is 9.90 Å². The van der Waals surface area contributed by atoms with Gasteiger partial charge in [0, 0.05) is 19.4 Å². The van der Waals surface area contributed by atoms with E-state index in [9.17, 15) is 9.90 Å². The van der Waals surface area contributed by atoms with Crippen molar-refractivity contribution in [3.63, 3.8) is 0 Å². The van der Waals surface area contributed by atoms with Crippen LogP contribution in [0.25, 0.3) is 0 Å². The van der Waals surface area contributed by atoms with Crippen LogP contribution in [0.3, 0.4) is 0 Å². The molecule has 0 aliphatic heterocycles. The summed E-state index contributed by atoms with van der Waals surface area (Å²) in [4.78, 5) is 15.7. The van der Waals surface area contributed by atoms with E-state index in [-0.39, 0.29) is 11.8 Å². The van der Waals surface area contributed by atoms with E-state index in [1.807, 2.05) is 14.0 Å². The lowest BCUT2D eigenvalue weighted by Crippen LogP contribution is -2.27. The summed E-state index contributed by atoms with van der Waals surface area (Å²) in [5, 5.41) is 13.6. The zero-order valence-electron chi connectivity index (χ0n) is 10.4. The molecular weight excluding hydrogens is 218 g/mol. The molecule has 1 aromatic heterocycles. The van der Waals surface area contributed by atoms with E-state index in [1.165, 1.54) is 0 Å². The number of carboxylic acids is 1. The summed E-state index contributed by atoms with van der Waals surface area (Å²) < 4.78 is 1.75. The third-order valence-electron chi connectivity index (χ3n) is 3.57. The number of carbonyl (C=O) groups is 1. The molecule has 0 spiro atoms. The Labute approximate surface area is 101 Å². The van der Waals surface area contributed by atoms with E-state index in [4.69, 9.17) is 0 Å². The van der Waals surface area contributed by atoms with Crippen LogP contribution in [0.1, 0.15) is 50.2 Å². The summed E-state index contributed by atoms with van der Waals surface area (Å²) in [6.07, 6.45) is 4.55. The summed E-state index contributed by atoms with van der Waals surface area (Å²) in [5.74, 6) is 0.678. The molecule has 2 unspecified atom stereocenters. The summed E-state index contributed by atoms with van der Waals surface area (Å²) >= 11 is 0. The van der Waals surface area contributed by atoms with E-state index >= 15 is 0 Å². The number of hydrogen-bond acceptors (Lipinski definition) is 3. The fourth-order valence-electron chi connectivity index (χ4n) is 2.66. The quantitative estimate of drug-likeness (QED) is 0.869. The summed E-state index contributed by atoms with van der Waals surface area (Å²) in [6.45, 7) is 2.01. The highest BCUT2D eigenvalue weighted by atomic mass is 16.4. The van der Waals surface area contributed by atoms with Crippen LogP contribution < -0.4 is 0 Å². The number of aliphatic carboxylic acids is 1. The van der Waals surface area contributed by atoms with E-state index in [2.05, 4.69) is 10.1 Å². The standard InChI is InChI=1S/C12H19N3O2/c1-3-10-13-11(15(2)14-10)8-6-4-5-7-9(8)12(16)17/h8-9H,3-7H2,1-2H3,(H,16,17). The lowest BCUT2D eigenvalue weighted by Gasteiger charge is -2.27. The molecule has 17 heavy (non-hydrogen) atoms. The van der Waals surface area contributed by atoms with Crippen LogP contribution in [0.2, 0.25) is 0 Å². The maximum Gasteiger partial charge on any atom is 0.307 e. The molecule has 94 valence electrons. The molecule has 0 aromatic carbocycles. The van der Waals surface area contributed by atoms with E-state index in [0.717, 1.165) is 43.8 Å². The zero-order valence-corrected chi connectivity index (χ0v) is 10.4. The highest BCUT2D eigenvalue weighted by molar-refractivity contribution is 5.71. The van der Waals surface area contributed by atoms with Gasteiger partial charge in [0.15, 0.2) is 5.82 Å². The first kappa shape index (κ1) is 12.1. The number of aryl methyl sites for hydroxylation is 2. The van der Waals surface area contributed by atoms with Crippen LogP contribution >= 0.6 is 0 Å². The predicted molar refractivity (Wildman–Crippen MR) is 62.7 cm³/mol. The molecule has 0 saturated heterocycles. The van der Waals surface area contributed by atoms with Crippen molar-refractivity contribution in [2.45, 2.75) is 44.9 Å². The van der Waals surface area contributed by atoms with Gasteiger partial charge in [0.2, 0.25) is 0 Å². The number of nitrogens with zero attached hydrogens (tertiary/aromatic N) is 3. The summed E-state index contributed by atoms with van der Waals surface area (Å²) in [5.41, 5.74) is 0. The maximum atomic E-state index is 11.3. The molecule has 5 heteroatoms. The SMILES string of the molecule is CCc1nc(C2CCCCC2C(=O)O)n(C)n1. The average molecular weight is 237 g/mol. The Hall–Kier alpha value is -1.39. The Morgan fingerprint density at radius 2 is 2.18 bits per heavy atom. The Balaban J connectivity index is 2.29. The van der Waals surface area contributed by atoms with Crippen molar-refractivity contribution in [3.8, 4) is 0 Å². The van der Waals surface area contributed by atoms with Crippen molar-refractivity contribution in [1.29, 1.82) is 0 Å². The average Bonchev–Trinajstić information content (AvgIpc) is 2.70. The molecular formula is C12H19N3O2. The van der Waals surface area contributed by atoms with Crippen LogP contribution in [-0.2, 0) is 18.3 Å². The van der Waals surface area contributed by atoms with Crippen molar-refractivity contribution >= 4 is 5.97 Å². The van der Waals surface area contributed by atoms with Crippen LogP contribution in [0.15, 0.2) is 0 Å². The van der Waals surface area contributed by atoms with E-state index in [0.29, 0.717) is 0 Å². The van der Waals surface area contributed by atoms with Gasteiger partial charge in [0.1, 0.15) is 5.82 Å². The lowest BCUT2D eigenvalue weighted by atomic mass is 9.79. The topological polar surface area (TPSA) is 68.0 Å². The van der Waals surface area contributed by atoms with Crippen molar-refractivity contribution in [1.82, 2.24) is 14.8 Å². The van der Waals surface area contributed by atoms with Gasteiger partial charge in [-0.2, -0.15) is 5.10 Å². The van der Waals surface area contributed by atoms with Crippen LogP contribution in [-0.4, -0.2) is 25.8 Å². The Kier molecular flexibility index (Phi) is 3.45. The molecule has 0 amide bonds. The fourth-order valence-corrected chi connectivity index (χ4v) is 2.66. The monoisotopic (exact) mass is 237 g/mol. The normalized spacial score (nSPS) is 24.8. The first-order valence-electron chi connectivity index (χ1n) is 6.26. The first-order chi connectivity index (χ1) is 8.13. The Bertz CT molecular complexity index is 414. The highest BCUT2D eigenvalue weighted by Crippen LogP contribution is 2.36. The predicted octanol–water partition coefficient (Wildman–Crippen LogP) is 1.74. The third-order valence-corrected chi connectivity index (χ3v) is 3.57. The molecule has 0 bridgehead atoms. The largest absolute Gasteiger partial charge is 0.481 e. The highest BCUT2D eigenvalue weighted by Gasteiger charge is 2.34. The maximum absolute atomic E-state index is 11.3. The number of aromatic nitrogens is 3. The van der Waals surface area contributed by atoms with Gasteiger partial charge in [0.05, 0.1) is 5.92 Å². The van der Waals surface area contributed by atoms with Gasteiger partial charge in [-0.05, 0) is 12.8 Å². The van der Waals surface area contributed by atoms with E-state index in [1.54, 1.807) is 4.68 Å². The molecule has 2 atom stereocenters. The minimum atomic E-state index is -0.698. The number of rotatable bonds is 3. The lowest BCUT2D eigenvalue weighted by molar-refractivity contribution is -0.143. The molecule has 1 aliphatic carbocycles. The molecule has 1 saturated carbocycles. The van der Waals surface area contributed by atoms with Crippen molar-refractivity contribution in [2.75, 3.05) is 0 Å². The molecule has 1 fully saturated rings. The van der Waals surface area contributed by atoms with Gasteiger partial charge >= 0.3 is 5.97 Å². The van der Waals surface area contributed by atoms with Crippen molar-refractivity contribution in [3.05, 3.63) is 11.6 Å². The second-order valence-electron chi connectivity index (χ2n) is 4.70. The molecule has 0 radical (unpaired) electrons. The van der Waals surface area contributed by atoms with Gasteiger partial charge in [0.25, 0.3) is 0 Å². The van der Waals surface area contributed by atoms with Gasteiger partial charge in [-0.3, -0.25) is 9.48 Å². The first-order valence-corrected chi connectivity index (χ1v) is 6.26. The Morgan fingerprint density at radius 1 is 1.47 bits per heavy atom.